The molecule has 2 heterocycles. The second-order valence-electron chi connectivity index (χ2n) is 12.7. The minimum atomic E-state index is -1.23. The fourth-order valence-electron chi connectivity index (χ4n) is 4.90. The van der Waals surface area contributed by atoms with Gasteiger partial charge in [-0.3, -0.25) is 9.13 Å². The first-order valence-corrected chi connectivity index (χ1v) is 16.2. The highest BCUT2D eigenvalue weighted by molar-refractivity contribution is 6.76. The number of aryl methyl sites for hydroxylation is 1. The van der Waals surface area contributed by atoms with Gasteiger partial charge in [0.05, 0.1) is 16.6 Å². The van der Waals surface area contributed by atoms with E-state index < -0.39 is 24.8 Å². The summed E-state index contributed by atoms with van der Waals surface area (Å²) in [6.07, 6.45) is 0.294. The predicted octanol–water partition coefficient (Wildman–Crippen LogP) is 4.65. The van der Waals surface area contributed by atoms with E-state index in [1.165, 1.54) is 0 Å². The molecule has 1 amide bonds. The Hall–Kier alpha value is -2.10. The van der Waals surface area contributed by atoms with Crippen LogP contribution in [-0.2, 0) is 28.9 Å². The van der Waals surface area contributed by atoms with Crippen molar-refractivity contribution in [1.82, 2.24) is 14.0 Å². The van der Waals surface area contributed by atoms with Crippen molar-refractivity contribution < 1.29 is 19.4 Å². The van der Waals surface area contributed by atoms with Gasteiger partial charge in [-0.25, -0.2) is 9.59 Å². The monoisotopic (exact) mass is 505 g/mol. The van der Waals surface area contributed by atoms with E-state index in [1.54, 1.807) is 21.1 Å². The van der Waals surface area contributed by atoms with Crippen LogP contribution in [0.1, 0.15) is 53.0 Å². The van der Waals surface area contributed by atoms with Crippen LogP contribution in [0.25, 0.3) is 11.0 Å². The number of aliphatic hydroxyl groups is 1. The number of fused-ring (bicyclic) bond motifs is 1. The Kier molecular flexibility index (Phi) is 7.39. The number of carbonyl (C=O) groups is 1. The molecule has 1 atom stereocenters. The highest BCUT2D eigenvalue weighted by atomic mass is 28.3. The molecule has 1 aliphatic rings. The SMILES string of the molecule is Cn1c(=O)n(COCC[Si](C)(C)C)c2cccc(C3(O)CCN(C(=O)OC(C)(C)C)C(C)(C)C3)c21. The second-order valence-corrected chi connectivity index (χ2v) is 18.3. The van der Waals surface area contributed by atoms with Crippen LogP contribution in [-0.4, -0.2) is 57.6 Å². The molecule has 1 fully saturated rings. The molecule has 3 rings (SSSR count). The van der Waals surface area contributed by atoms with Gasteiger partial charge in [0.2, 0.25) is 0 Å². The predicted molar refractivity (Wildman–Crippen MR) is 141 cm³/mol. The van der Waals surface area contributed by atoms with Gasteiger partial charge in [-0.2, -0.15) is 0 Å². The lowest BCUT2D eigenvalue weighted by Gasteiger charge is -2.49. The van der Waals surface area contributed by atoms with Crippen LogP contribution in [0.5, 0.6) is 0 Å². The molecule has 1 aromatic heterocycles. The summed E-state index contributed by atoms with van der Waals surface area (Å²) in [5.74, 6) is 0. The summed E-state index contributed by atoms with van der Waals surface area (Å²) >= 11 is 0. The number of nitrogens with zero attached hydrogens (tertiary/aromatic N) is 3. The van der Waals surface area contributed by atoms with Gasteiger partial charge < -0.3 is 19.5 Å². The summed E-state index contributed by atoms with van der Waals surface area (Å²) in [6, 6.07) is 6.69. The number of likely N-dealkylation sites (tertiary alicyclic amines) is 1. The number of piperidine rings is 1. The average molecular weight is 506 g/mol. The molecule has 1 aromatic carbocycles. The third-order valence-corrected chi connectivity index (χ3v) is 8.40. The van der Waals surface area contributed by atoms with E-state index in [9.17, 15) is 14.7 Å². The maximum atomic E-state index is 13.1. The van der Waals surface area contributed by atoms with Gasteiger partial charge >= 0.3 is 11.8 Å². The number of amides is 1. The number of carbonyl (C=O) groups excluding carboxylic acids is 1. The van der Waals surface area contributed by atoms with Gasteiger partial charge in [-0.05, 0) is 53.1 Å². The van der Waals surface area contributed by atoms with Crippen molar-refractivity contribution in [2.75, 3.05) is 13.2 Å². The van der Waals surface area contributed by atoms with Crippen LogP contribution in [0.3, 0.4) is 0 Å². The summed E-state index contributed by atoms with van der Waals surface area (Å²) in [7, 11) is 0.506. The molecular weight excluding hydrogens is 462 g/mol. The standard InChI is InChI=1S/C26H43N3O5Si/c1-24(2,3)34-23(31)29-14-13-26(32,17-25(29,4)5)19-11-10-12-20-21(19)27(6)22(30)28(20)18-33-15-16-35(7,8)9/h10-12,32H,13-18H2,1-9H3. The molecule has 196 valence electrons. The summed E-state index contributed by atoms with van der Waals surface area (Å²) < 4.78 is 14.7. The zero-order valence-corrected chi connectivity index (χ0v) is 23.9. The van der Waals surface area contributed by atoms with E-state index in [0.29, 0.717) is 37.1 Å². The van der Waals surface area contributed by atoms with E-state index in [2.05, 4.69) is 19.6 Å². The maximum Gasteiger partial charge on any atom is 0.410 e. The van der Waals surface area contributed by atoms with Gasteiger partial charge in [0.15, 0.2) is 0 Å². The van der Waals surface area contributed by atoms with E-state index >= 15 is 0 Å². The van der Waals surface area contributed by atoms with Crippen molar-refractivity contribution in [3.63, 3.8) is 0 Å². The lowest BCUT2D eigenvalue weighted by atomic mass is 9.75. The number of hydrogen-bond donors (Lipinski definition) is 1. The maximum absolute atomic E-state index is 13.1. The van der Waals surface area contributed by atoms with E-state index in [0.717, 1.165) is 11.6 Å². The first-order valence-electron chi connectivity index (χ1n) is 12.4. The summed E-state index contributed by atoms with van der Waals surface area (Å²) in [5, 5.41) is 11.9. The van der Waals surface area contributed by atoms with Gasteiger partial charge in [-0.1, -0.05) is 31.8 Å². The van der Waals surface area contributed by atoms with Crippen molar-refractivity contribution in [1.29, 1.82) is 0 Å². The Morgan fingerprint density at radius 2 is 1.86 bits per heavy atom. The number of hydrogen-bond acceptors (Lipinski definition) is 5. The third-order valence-electron chi connectivity index (χ3n) is 6.70. The number of benzene rings is 1. The number of imidazole rings is 1. The molecule has 8 nitrogen and oxygen atoms in total. The van der Waals surface area contributed by atoms with E-state index in [4.69, 9.17) is 9.47 Å². The molecule has 1 unspecified atom stereocenters. The first kappa shape index (κ1) is 27.5. The Balaban J connectivity index is 1.91. The molecule has 0 spiro atoms. The van der Waals surface area contributed by atoms with Gasteiger partial charge in [0.1, 0.15) is 12.3 Å². The van der Waals surface area contributed by atoms with E-state index in [1.807, 2.05) is 52.8 Å². The zero-order valence-electron chi connectivity index (χ0n) is 22.9. The van der Waals surface area contributed by atoms with Crippen LogP contribution >= 0.6 is 0 Å². The van der Waals surface area contributed by atoms with Crippen molar-refractivity contribution in [3.05, 3.63) is 34.2 Å². The van der Waals surface area contributed by atoms with Gasteiger partial charge in [0.25, 0.3) is 0 Å². The largest absolute Gasteiger partial charge is 0.444 e. The summed E-state index contributed by atoms with van der Waals surface area (Å²) in [6.45, 7) is 17.5. The zero-order chi connectivity index (χ0) is 26.4. The molecule has 1 saturated heterocycles. The Bertz CT molecular complexity index is 1140. The quantitative estimate of drug-likeness (QED) is 0.456. The smallest absolute Gasteiger partial charge is 0.410 e. The van der Waals surface area contributed by atoms with Crippen molar-refractivity contribution in [2.24, 2.45) is 7.05 Å². The molecule has 0 saturated carbocycles. The molecule has 35 heavy (non-hydrogen) atoms. The third kappa shape index (κ3) is 6.01. The highest BCUT2D eigenvalue weighted by Crippen LogP contribution is 2.43. The van der Waals surface area contributed by atoms with Crippen LogP contribution in [0, 0.1) is 0 Å². The van der Waals surface area contributed by atoms with Crippen LogP contribution in [0.4, 0.5) is 4.79 Å². The molecule has 0 aliphatic carbocycles. The summed E-state index contributed by atoms with van der Waals surface area (Å²) in [4.78, 5) is 27.7. The first-order chi connectivity index (χ1) is 16.0. The van der Waals surface area contributed by atoms with Gasteiger partial charge in [0, 0.05) is 45.8 Å². The number of rotatable bonds is 6. The molecule has 0 radical (unpaired) electrons. The fourth-order valence-corrected chi connectivity index (χ4v) is 5.66. The number of ether oxygens (including phenoxy) is 2. The molecular formula is C26H43N3O5Si. The van der Waals surface area contributed by atoms with Crippen LogP contribution in [0.15, 0.2) is 23.0 Å². The fraction of sp³-hybridized carbons (Fsp3) is 0.692. The Morgan fingerprint density at radius 1 is 1.20 bits per heavy atom. The normalized spacial score (nSPS) is 20.9. The van der Waals surface area contributed by atoms with E-state index in [-0.39, 0.29) is 18.5 Å². The molecule has 0 bridgehead atoms. The molecule has 1 N–H and O–H groups in total. The van der Waals surface area contributed by atoms with Crippen molar-refractivity contribution in [2.45, 2.75) is 96.6 Å². The molecule has 2 aromatic rings. The second kappa shape index (κ2) is 9.41. The summed E-state index contributed by atoms with van der Waals surface area (Å²) in [5.41, 5.74) is -0.457. The molecule has 1 aliphatic heterocycles. The number of para-hydroxylation sites is 1. The highest BCUT2D eigenvalue weighted by Gasteiger charge is 2.47. The molecule has 9 heteroatoms. The van der Waals surface area contributed by atoms with Crippen molar-refractivity contribution >= 4 is 25.2 Å². The Morgan fingerprint density at radius 3 is 2.43 bits per heavy atom. The lowest BCUT2D eigenvalue weighted by molar-refractivity contribution is -0.0823. The Labute approximate surface area is 209 Å². The van der Waals surface area contributed by atoms with Gasteiger partial charge in [-0.15, -0.1) is 0 Å². The lowest BCUT2D eigenvalue weighted by Crippen LogP contribution is -2.58. The van der Waals surface area contributed by atoms with Crippen LogP contribution < -0.4 is 5.69 Å². The van der Waals surface area contributed by atoms with Crippen molar-refractivity contribution in [3.8, 4) is 0 Å². The topological polar surface area (TPSA) is 85.9 Å². The minimum Gasteiger partial charge on any atom is -0.444 e. The average Bonchev–Trinajstić information content (AvgIpc) is 2.93. The number of aromatic nitrogens is 2. The minimum absolute atomic E-state index is 0.172. The van der Waals surface area contributed by atoms with Crippen LogP contribution in [0.2, 0.25) is 25.7 Å².